The van der Waals surface area contributed by atoms with Crippen molar-refractivity contribution in [1.29, 1.82) is 0 Å². The van der Waals surface area contributed by atoms with Gasteiger partial charge in [0.15, 0.2) is 0 Å². The SMILES string of the molecule is CCC(C)n1ccc(CC(NN)C2CCC2)n1. The Labute approximate surface area is 104 Å². The maximum Gasteiger partial charge on any atom is 0.0640 e. The van der Waals surface area contributed by atoms with Crippen LogP contribution in [0, 0.1) is 5.92 Å². The summed E-state index contributed by atoms with van der Waals surface area (Å²) in [7, 11) is 0. The summed E-state index contributed by atoms with van der Waals surface area (Å²) < 4.78 is 2.06. The molecule has 17 heavy (non-hydrogen) atoms. The Morgan fingerprint density at radius 2 is 2.35 bits per heavy atom. The van der Waals surface area contributed by atoms with Crippen LogP contribution in [0.3, 0.4) is 0 Å². The molecule has 2 atom stereocenters. The quantitative estimate of drug-likeness (QED) is 0.587. The molecule has 1 saturated carbocycles. The molecule has 1 aliphatic carbocycles. The van der Waals surface area contributed by atoms with Crippen molar-refractivity contribution in [1.82, 2.24) is 15.2 Å². The van der Waals surface area contributed by atoms with Gasteiger partial charge in [0.2, 0.25) is 0 Å². The first-order chi connectivity index (χ1) is 8.24. The lowest BCUT2D eigenvalue weighted by Gasteiger charge is -2.32. The second-order valence-corrected chi connectivity index (χ2v) is 5.21. The molecule has 0 aromatic carbocycles. The van der Waals surface area contributed by atoms with E-state index in [4.69, 9.17) is 5.84 Å². The van der Waals surface area contributed by atoms with Crippen molar-refractivity contribution in [3.05, 3.63) is 18.0 Å². The summed E-state index contributed by atoms with van der Waals surface area (Å²) in [6.07, 6.45) is 8.11. The minimum Gasteiger partial charge on any atom is -0.271 e. The van der Waals surface area contributed by atoms with Gasteiger partial charge in [-0.3, -0.25) is 16.0 Å². The number of hydrogen-bond acceptors (Lipinski definition) is 3. The zero-order valence-corrected chi connectivity index (χ0v) is 10.9. The second-order valence-electron chi connectivity index (χ2n) is 5.21. The predicted molar refractivity (Wildman–Crippen MR) is 69.4 cm³/mol. The van der Waals surface area contributed by atoms with Crippen LogP contribution >= 0.6 is 0 Å². The molecule has 1 aromatic heterocycles. The van der Waals surface area contributed by atoms with Gasteiger partial charge < -0.3 is 0 Å². The summed E-state index contributed by atoms with van der Waals surface area (Å²) in [4.78, 5) is 0. The van der Waals surface area contributed by atoms with Gasteiger partial charge >= 0.3 is 0 Å². The van der Waals surface area contributed by atoms with Crippen LogP contribution in [0.25, 0.3) is 0 Å². The molecule has 4 nitrogen and oxygen atoms in total. The minimum atomic E-state index is 0.393. The molecule has 2 unspecified atom stereocenters. The molecule has 0 aliphatic heterocycles. The van der Waals surface area contributed by atoms with Gasteiger partial charge in [-0.25, -0.2) is 0 Å². The Bertz CT molecular complexity index is 343. The zero-order chi connectivity index (χ0) is 12.3. The lowest BCUT2D eigenvalue weighted by Crippen LogP contribution is -2.45. The van der Waals surface area contributed by atoms with E-state index in [1.54, 1.807) is 0 Å². The molecule has 0 bridgehead atoms. The van der Waals surface area contributed by atoms with E-state index < -0.39 is 0 Å². The Kier molecular flexibility index (Phi) is 4.18. The fraction of sp³-hybridized carbons (Fsp3) is 0.769. The van der Waals surface area contributed by atoms with Gasteiger partial charge in [-0.2, -0.15) is 5.10 Å². The molecule has 0 radical (unpaired) electrons. The van der Waals surface area contributed by atoms with E-state index in [9.17, 15) is 0 Å². The van der Waals surface area contributed by atoms with Gasteiger partial charge in [-0.1, -0.05) is 13.3 Å². The number of nitrogens with zero attached hydrogens (tertiary/aromatic N) is 2. The van der Waals surface area contributed by atoms with E-state index >= 15 is 0 Å². The largest absolute Gasteiger partial charge is 0.271 e. The molecular weight excluding hydrogens is 212 g/mol. The smallest absolute Gasteiger partial charge is 0.0640 e. The average molecular weight is 236 g/mol. The van der Waals surface area contributed by atoms with Crippen LogP contribution in [-0.2, 0) is 6.42 Å². The van der Waals surface area contributed by atoms with Crippen LogP contribution in [0.5, 0.6) is 0 Å². The van der Waals surface area contributed by atoms with Crippen LogP contribution in [0.4, 0.5) is 0 Å². The molecule has 0 spiro atoms. The fourth-order valence-electron chi connectivity index (χ4n) is 2.35. The van der Waals surface area contributed by atoms with E-state index in [0.29, 0.717) is 12.1 Å². The Morgan fingerprint density at radius 1 is 1.59 bits per heavy atom. The fourth-order valence-corrected chi connectivity index (χ4v) is 2.35. The van der Waals surface area contributed by atoms with Gasteiger partial charge in [0, 0.05) is 24.7 Å². The monoisotopic (exact) mass is 236 g/mol. The van der Waals surface area contributed by atoms with Crippen LogP contribution in [0.2, 0.25) is 0 Å². The Balaban J connectivity index is 1.95. The van der Waals surface area contributed by atoms with Gasteiger partial charge in [0.1, 0.15) is 0 Å². The Hall–Kier alpha value is -0.870. The van der Waals surface area contributed by atoms with Crippen molar-refractivity contribution >= 4 is 0 Å². The summed E-state index contributed by atoms with van der Waals surface area (Å²) in [5, 5.41) is 4.63. The second kappa shape index (κ2) is 5.65. The molecule has 2 rings (SSSR count). The van der Waals surface area contributed by atoms with E-state index in [1.807, 2.05) is 0 Å². The molecule has 1 aliphatic rings. The number of nitrogens with one attached hydrogen (secondary N) is 1. The third-order valence-electron chi connectivity index (χ3n) is 4.07. The molecule has 96 valence electrons. The molecule has 3 N–H and O–H groups in total. The molecule has 0 saturated heterocycles. The third kappa shape index (κ3) is 2.87. The molecule has 0 amide bonds. The summed E-state index contributed by atoms with van der Waals surface area (Å²) in [5.74, 6) is 6.38. The van der Waals surface area contributed by atoms with Crippen LogP contribution < -0.4 is 11.3 Å². The zero-order valence-electron chi connectivity index (χ0n) is 10.9. The number of nitrogens with two attached hydrogens (primary N) is 1. The number of aromatic nitrogens is 2. The highest BCUT2D eigenvalue weighted by molar-refractivity contribution is 5.03. The highest BCUT2D eigenvalue weighted by atomic mass is 15.3. The number of rotatable bonds is 6. The topological polar surface area (TPSA) is 55.9 Å². The summed E-state index contributed by atoms with van der Waals surface area (Å²) in [6.45, 7) is 4.38. The molecule has 1 heterocycles. The summed E-state index contributed by atoms with van der Waals surface area (Å²) in [6, 6.07) is 3.00. The van der Waals surface area contributed by atoms with E-state index in [2.05, 4.69) is 41.3 Å². The highest BCUT2D eigenvalue weighted by Crippen LogP contribution is 2.30. The maximum absolute atomic E-state index is 5.64. The number of hydrazine groups is 1. The molecule has 4 heteroatoms. The third-order valence-corrected chi connectivity index (χ3v) is 4.07. The summed E-state index contributed by atoms with van der Waals surface area (Å²) in [5.41, 5.74) is 4.11. The van der Waals surface area contributed by atoms with Gasteiger partial charge in [0.05, 0.1) is 5.69 Å². The predicted octanol–water partition coefficient (Wildman–Crippen LogP) is 2.03. The maximum atomic E-state index is 5.64. The van der Waals surface area contributed by atoms with Crippen molar-refractivity contribution in [2.75, 3.05) is 0 Å². The van der Waals surface area contributed by atoms with E-state index in [0.717, 1.165) is 24.5 Å². The Morgan fingerprint density at radius 3 is 2.88 bits per heavy atom. The highest BCUT2D eigenvalue weighted by Gasteiger charge is 2.27. The van der Waals surface area contributed by atoms with Crippen molar-refractivity contribution < 1.29 is 0 Å². The van der Waals surface area contributed by atoms with Crippen molar-refractivity contribution in [2.45, 2.75) is 58.0 Å². The van der Waals surface area contributed by atoms with Gasteiger partial charge in [0.25, 0.3) is 0 Å². The summed E-state index contributed by atoms with van der Waals surface area (Å²) >= 11 is 0. The van der Waals surface area contributed by atoms with Crippen LogP contribution in [0.15, 0.2) is 12.3 Å². The average Bonchev–Trinajstić information content (AvgIpc) is 2.73. The van der Waals surface area contributed by atoms with E-state index in [1.165, 1.54) is 19.3 Å². The standard InChI is InChI=1S/C13H24N4/c1-3-10(2)17-8-7-12(16-17)9-13(15-14)11-5-4-6-11/h7-8,10-11,13,15H,3-6,9,14H2,1-2H3. The van der Waals surface area contributed by atoms with Crippen molar-refractivity contribution in [3.63, 3.8) is 0 Å². The first kappa shape index (κ1) is 12.6. The minimum absolute atomic E-state index is 0.393. The lowest BCUT2D eigenvalue weighted by molar-refractivity contribution is 0.227. The van der Waals surface area contributed by atoms with E-state index in [-0.39, 0.29) is 0 Å². The normalized spacial score (nSPS) is 19.9. The van der Waals surface area contributed by atoms with Gasteiger partial charge in [-0.15, -0.1) is 0 Å². The lowest BCUT2D eigenvalue weighted by atomic mass is 9.78. The van der Waals surface area contributed by atoms with Gasteiger partial charge in [-0.05, 0) is 38.2 Å². The van der Waals surface area contributed by atoms with Crippen LogP contribution in [-0.4, -0.2) is 15.8 Å². The first-order valence-electron chi connectivity index (χ1n) is 6.74. The van der Waals surface area contributed by atoms with Crippen LogP contribution in [0.1, 0.15) is 51.3 Å². The van der Waals surface area contributed by atoms with Crippen molar-refractivity contribution in [3.8, 4) is 0 Å². The molecule has 1 aromatic rings. The number of hydrogen-bond donors (Lipinski definition) is 2. The first-order valence-corrected chi connectivity index (χ1v) is 6.74. The molecular formula is C13H24N4. The molecule has 1 fully saturated rings. The van der Waals surface area contributed by atoms with Crippen molar-refractivity contribution in [2.24, 2.45) is 11.8 Å².